The molecule has 7 heteroatoms. The first kappa shape index (κ1) is 13.9. The van der Waals surface area contributed by atoms with Crippen LogP contribution in [0.15, 0.2) is 12.3 Å². The molecule has 0 saturated carbocycles. The monoisotopic (exact) mass is 273 g/mol. The first-order valence-electron chi connectivity index (χ1n) is 6.22. The molecule has 1 atom stereocenters. The van der Waals surface area contributed by atoms with Crippen LogP contribution in [0.2, 0.25) is 0 Å². The van der Waals surface area contributed by atoms with Gasteiger partial charge in [-0.2, -0.15) is 5.10 Å². The second-order valence-electron chi connectivity index (χ2n) is 4.92. The van der Waals surface area contributed by atoms with Crippen LogP contribution in [0.1, 0.15) is 30.8 Å². The van der Waals surface area contributed by atoms with E-state index in [0.29, 0.717) is 0 Å². The Balaban J connectivity index is 2.03. The number of hydrogen-bond donors (Lipinski definition) is 1. The van der Waals surface area contributed by atoms with Gasteiger partial charge >= 0.3 is 0 Å². The minimum atomic E-state index is -3.03. The van der Waals surface area contributed by atoms with Crippen molar-refractivity contribution in [3.63, 3.8) is 0 Å². The molecule has 1 N–H and O–H groups in total. The van der Waals surface area contributed by atoms with Crippen molar-refractivity contribution in [1.29, 1.82) is 0 Å². The number of aromatic amines is 1. The van der Waals surface area contributed by atoms with E-state index < -0.39 is 24.5 Å². The summed E-state index contributed by atoms with van der Waals surface area (Å²) in [6.07, 6.45) is 0.162. The van der Waals surface area contributed by atoms with Crippen LogP contribution in [0, 0.1) is 0 Å². The largest absolute Gasteiger partial charge is 0.369 e. The maximum Gasteiger partial charge on any atom is 0.290 e. The molecule has 0 spiro atoms. The van der Waals surface area contributed by atoms with Gasteiger partial charge in [0.05, 0.1) is 12.6 Å². The van der Waals surface area contributed by atoms with Crippen LogP contribution in [0.5, 0.6) is 0 Å². The fourth-order valence-corrected chi connectivity index (χ4v) is 2.13. The number of ether oxygens (including phenoxy) is 1. The van der Waals surface area contributed by atoms with E-state index in [1.54, 1.807) is 13.8 Å². The SMILES string of the molecule is CC(C)O[C@H]1CCN(C(=O)c2ccn[nH]2)CC1(F)F. The highest BCUT2D eigenvalue weighted by Gasteiger charge is 2.47. The molecule has 0 aliphatic carbocycles. The molecule has 1 aliphatic heterocycles. The maximum absolute atomic E-state index is 13.9. The van der Waals surface area contributed by atoms with Crippen molar-refractivity contribution in [2.24, 2.45) is 0 Å². The number of H-pyrrole nitrogens is 1. The summed E-state index contributed by atoms with van der Waals surface area (Å²) in [5, 5.41) is 6.13. The third kappa shape index (κ3) is 3.09. The second kappa shape index (κ2) is 5.24. The average Bonchev–Trinajstić information content (AvgIpc) is 2.83. The van der Waals surface area contributed by atoms with Crippen LogP contribution < -0.4 is 0 Å². The van der Waals surface area contributed by atoms with Gasteiger partial charge in [-0.1, -0.05) is 0 Å². The van der Waals surface area contributed by atoms with E-state index in [0.717, 1.165) is 4.90 Å². The van der Waals surface area contributed by atoms with E-state index in [-0.39, 0.29) is 24.8 Å². The maximum atomic E-state index is 13.9. The number of hydrogen-bond acceptors (Lipinski definition) is 3. The van der Waals surface area contributed by atoms with Crippen LogP contribution in [-0.2, 0) is 4.74 Å². The Labute approximate surface area is 109 Å². The summed E-state index contributed by atoms with van der Waals surface area (Å²) >= 11 is 0. The summed E-state index contributed by atoms with van der Waals surface area (Å²) in [6, 6.07) is 1.47. The molecular weight excluding hydrogens is 256 g/mol. The zero-order chi connectivity index (χ0) is 14.0. The predicted molar refractivity (Wildman–Crippen MR) is 64.1 cm³/mol. The van der Waals surface area contributed by atoms with E-state index in [9.17, 15) is 13.6 Å². The van der Waals surface area contributed by atoms with Gasteiger partial charge in [-0.15, -0.1) is 0 Å². The Bertz CT molecular complexity index is 434. The molecule has 1 aromatic rings. The van der Waals surface area contributed by atoms with Crippen LogP contribution in [0.4, 0.5) is 8.78 Å². The van der Waals surface area contributed by atoms with Gasteiger partial charge in [-0.25, -0.2) is 8.78 Å². The molecule has 5 nitrogen and oxygen atoms in total. The number of rotatable bonds is 3. The Morgan fingerprint density at radius 3 is 2.89 bits per heavy atom. The molecule has 1 aliphatic rings. The van der Waals surface area contributed by atoms with Gasteiger partial charge in [0.25, 0.3) is 11.8 Å². The van der Waals surface area contributed by atoms with Gasteiger partial charge < -0.3 is 9.64 Å². The van der Waals surface area contributed by atoms with Crippen LogP contribution in [0.25, 0.3) is 0 Å². The molecule has 1 fully saturated rings. The van der Waals surface area contributed by atoms with Gasteiger partial charge in [-0.3, -0.25) is 9.89 Å². The number of nitrogens with one attached hydrogen (secondary N) is 1. The average molecular weight is 273 g/mol. The molecule has 1 aromatic heterocycles. The fourth-order valence-electron chi connectivity index (χ4n) is 2.13. The Morgan fingerprint density at radius 1 is 1.63 bits per heavy atom. The van der Waals surface area contributed by atoms with Crippen molar-refractivity contribution in [3.8, 4) is 0 Å². The fraction of sp³-hybridized carbons (Fsp3) is 0.667. The lowest BCUT2D eigenvalue weighted by molar-refractivity contribution is -0.179. The second-order valence-corrected chi connectivity index (χ2v) is 4.92. The minimum Gasteiger partial charge on any atom is -0.369 e. The number of alkyl halides is 2. The summed E-state index contributed by atoms with van der Waals surface area (Å²) in [6.45, 7) is 3.07. The third-order valence-electron chi connectivity index (χ3n) is 2.99. The van der Waals surface area contributed by atoms with Crippen LogP contribution in [-0.4, -0.2) is 52.2 Å². The van der Waals surface area contributed by atoms with Crippen molar-refractivity contribution in [2.75, 3.05) is 13.1 Å². The lowest BCUT2D eigenvalue weighted by Gasteiger charge is -2.38. The highest BCUT2D eigenvalue weighted by molar-refractivity contribution is 5.92. The first-order valence-corrected chi connectivity index (χ1v) is 6.22. The Morgan fingerprint density at radius 2 is 2.37 bits per heavy atom. The summed E-state index contributed by atoms with van der Waals surface area (Å²) in [5.41, 5.74) is 0.221. The number of piperidine rings is 1. The number of halogens is 2. The van der Waals surface area contributed by atoms with Crippen molar-refractivity contribution in [1.82, 2.24) is 15.1 Å². The molecule has 0 bridgehead atoms. The standard InChI is InChI=1S/C12H17F2N3O2/c1-8(2)19-10-4-6-17(7-12(10,13)14)11(18)9-3-5-15-16-9/h3,5,8,10H,4,6-7H2,1-2H3,(H,15,16)/t10-/m0/s1. The summed E-state index contributed by atoms with van der Waals surface area (Å²) in [4.78, 5) is 13.1. The molecule has 106 valence electrons. The van der Waals surface area contributed by atoms with Gasteiger partial charge in [0, 0.05) is 12.7 Å². The molecule has 0 radical (unpaired) electrons. The number of likely N-dealkylation sites (tertiary alicyclic amines) is 1. The smallest absolute Gasteiger partial charge is 0.290 e. The zero-order valence-corrected chi connectivity index (χ0v) is 10.9. The van der Waals surface area contributed by atoms with E-state index in [1.807, 2.05) is 0 Å². The number of amides is 1. The summed E-state index contributed by atoms with van der Waals surface area (Å²) in [7, 11) is 0. The molecule has 1 amide bonds. The van der Waals surface area contributed by atoms with E-state index in [2.05, 4.69) is 10.2 Å². The quantitative estimate of drug-likeness (QED) is 0.911. The van der Waals surface area contributed by atoms with Crippen LogP contribution >= 0.6 is 0 Å². The van der Waals surface area contributed by atoms with E-state index in [4.69, 9.17) is 4.74 Å². The van der Waals surface area contributed by atoms with E-state index >= 15 is 0 Å². The van der Waals surface area contributed by atoms with Gasteiger partial charge in [0.2, 0.25) is 0 Å². The Kier molecular flexibility index (Phi) is 3.84. The number of nitrogens with zero attached hydrogens (tertiary/aromatic N) is 2. The number of carbonyl (C=O) groups is 1. The van der Waals surface area contributed by atoms with Crippen molar-refractivity contribution >= 4 is 5.91 Å². The molecule has 0 unspecified atom stereocenters. The molecule has 19 heavy (non-hydrogen) atoms. The van der Waals surface area contributed by atoms with E-state index in [1.165, 1.54) is 12.3 Å². The van der Waals surface area contributed by atoms with Gasteiger partial charge in [0.1, 0.15) is 11.8 Å². The first-order chi connectivity index (χ1) is 8.90. The topological polar surface area (TPSA) is 58.2 Å². The predicted octanol–water partition coefficient (Wildman–Crippen LogP) is 1.68. The van der Waals surface area contributed by atoms with Crippen molar-refractivity contribution in [3.05, 3.63) is 18.0 Å². The van der Waals surface area contributed by atoms with Crippen molar-refractivity contribution in [2.45, 2.75) is 38.4 Å². The zero-order valence-electron chi connectivity index (χ0n) is 10.9. The Hall–Kier alpha value is -1.50. The minimum absolute atomic E-state index is 0.130. The molecule has 2 rings (SSSR count). The third-order valence-corrected chi connectivity index (χ3v) is 2.99. The normalized spacial score (nSPS) is 22.8. The molecule has 2 heterocycles. The highest BCUT2D eigenvalue weighted by atomic mass is 19.3. The molecule has 0 aromatic carbocycles. The van der Waals surface area contributed by atoms with Gasteiger partial charge in [0.15, 0.2) is 0 Å². The number of carbonyl (C=O) groups excluding carboxylic acids is 1. The molecular formula is C12H17F2N3O2. The van der Waals surface area contributed by atoms with Crippen molar-refractivity contribution < 1.29 is 18.3 Å². The lowest BCUT2D eigenvalue weighted by atomic mass is 10.0. The lowest BCUT2D eigenvalue weighted by Crippen LogP contribution is -2.54. The summed E-state index contributed by atoms with van der Waals surface area (Å²) in [5.74, 6) is -3.49. The molecule has 1 saturated heterocycles. The number of aromatic nitrogens is 2. The van der Waals surface area contributed by atoms with Crippen LogP contribution in [0.3, 0.4) is 0 Å². The summed E-state index contributed by atoms with van der Waals surface area (Å²) < 4.78 is 33.1. The van der Waals surface area contributed by atoms with Gasteiger partial charge in [-0.05, 0) is 26.3 Å². The highest BCUT2D eigenvalue weighted by Crippen LogP contribution is 2.31.